The number of rotatable bonds is 6. The van der Waals surface area contributed by atoms with Crippen LogP contribution in [0.25, 0.3) is 0 Å². The van der Waals surface area contributed by atoms with E-state index < -0.39 is 0 Å². The summed E-state index contributed by atoms with van der Waals surface area (Å²) in [7, 11) is 0. The molecule has 8 heteroatoms. The number of aromatic nitrogens is 1. The van der Waals surface area contributed by atoms with E-state index in [1.54, 1.807) is 11.3 Å². The molecule has 0 aliphatic carbocycles. The van der Waals surface area contributed by atoms with Gasteiger partial charge in [0.25, 0.3) is 0 Å². The maximum Gasteiger partial charge on any atom is 0.227 e. The number of anilines is 1. The summed E-state index contributed by atoms with van der Waals surface area (Å²) < 4.78 is 0. The van der Waals surface area contributed by atoms with Gasteiger partial charge in [-0.3, -0.25) is 9.59 Å². The molecule has 2 aromatic heterocycles. The Morgan fingerprint density at radius 1 is 1.36 bits per heavy atom. The first-order valence-corrected chi connectivity index (χ1v) is 10.0. The van der Waals surface area contributed by atoms with Crippen LogP contribution in [0.15, 0.2) is 17.5 Å². The van der Waals surface area contributed by atoms with Crippen LogP contribution < -0.4 is 11.1 Å². The van der Waals surface area contributed by atoms with Gasteiger partial charge < -0.3 is 16.0 Å². The lowest BCUT2D eigenvalue weighted by Crippen LogP contribution is -2.32. The number of hydrogen-bond acceptors (Lipinski definition) is 6. The summed E-state index contributed by atoms with van der Waals surface area (Å²) in [5.41, 5.74) is 6.84. The van der Waals surface area contributed by atoms with Gasteiger partial charge in [0.05, 0.1) is 12.1 Å². The normalized spacial score (nSPS) is 17.0. The van der Waals surface area contributed by atoms with Crippen LogP contribution in [0.3, 0.4) is 0 Å². The minimum absolute atomic E-state index is 0.104. The molecule has 6 nitrogen and oxygen atoms in total. The largest absolute Gasteiger partial charge is 0.341 e. The van der Waals surface area contributed by atoms with Crippen LogP contribution in [0.5, 0.6) is 0 Å². The third kappa shape index (κ3) is 5.10. The summed E-state index contributed by atoms with van der Waals surface area (Å²) in [6, 6.07) is 4.25. The first-order valence-electron chi connectivity index (χ1n) is 8.32. The third-order valence-electron chi connectivity index (χ3n) is 4.08. The molecule has 25 heavy (non-hydrogen) atoms. The van der Waals surface area contributed by atoms with Crippen LogP contribution in [-0.2, 0) is 28.9 Å². The number of thiazole rings is 1. The van der Waals surface area contributed by atoms with Crippen LogP contribution in [0.1, 0.15) is 28.8 Å². The van der Waals surface area contributed by atoms with Crippen LogP contribution in [0.2, 0.25) is 0 Å². The smallest absolute Gasteiger partial charge is 0.227 e. The Morgan fingerprint density at radius 2 is 2.16 bits per heavy atom. The van der Waals surface area contributed by atoms with Gasteiger partial charge >= 0.3 is 0 Å². The molecular weight excluding hydrogens is 356 g/mol. The van der Waals surface area contributed by atoms with Crippen LogP contribution in [-0.4, -0.2) is 40.8 Å². The molecule has 1 atom stereocenters. The van der Waals surface area contributed by atoms with Gasteiger partial charge in [0.15, 0.2) is 5.13 Å². The molecule has 2 aromatic rings. The van der Waals surface area contributed by atoms with Crippen molar-refractivity contribution in [3.8, 4) is 0 Å². The van der Waals surface area contributed by atoms with Crippen molar-refractivity contribution in [2.75, 3.05) is 18.4 Å². The Hall–Kier alpha value is -1.77. The molecule has 1 aliphatic rings. The molecular formula is C17H22N4O2S2. The molecule has 3 heterocycles. The number of likely N-dealkylation sites (tertiary alicyclic amines) is 1. The van der Waals surface area contributed by atoms with Crippen molar-refractivity contribution >= 4 is 39.6 Å². The van der Waals surface area contributed by atoms with Crippen molar-refractivity contribution in [1.29, 1.82) is 0 Å². The second-order valence-electron chi connectivity index (χ2n) is 6.26. The van der Waals surface area contributed by atoms with Crippen LogP contribution in [0, 0.1) is 0 Å². The number of carbonyl (C=O) groups is 2. The standard InChI is InChI=1S/C17H22N4O2S2/c1-11(22)19-17-20-13(10-24-17)2-3-14-4-5-15(25-14)8-16(23)21-7-6-12(18)9-21/h4-5,10,12H,2-3,6-9,18H2,1H3,(H,19,20,22). The summed E-state index contributed by atoms with van der Waals surface area (Å²) >= 11 is 3.13. The molecule has 0 bridgehead atoms. The molecule has 0 aromatic carbocycles. The molecule has 0 saturated carbocycles. The molecule has 1 aliphatic heterocycles. The highest BCUT2D eigenvalue weighted by Gasteiger charge is 2.23. The number of nitrogens with zero attached hydrogens (tertiary/aromatic N) is 2. The van der Waals surface area contributed by atoms with Gasteiger partial charge in [0.1, 0.15) is 0 Å². The van der Waals surface area contributed by atoms with E-state index in [1.165, 1.54) is 23.1 Å². The molecule has 1 saturated heterocycles. The van der Waals surface area contributed by atoms with E-state index in [9.17, 15) is 9.59 Å². The summed E-state index contributed by atoms with van der Waals surface area (Å²) in [5.74, 6) is 0.0632. The van der Waals surface area contributed by atoms with E-state index in [1.807, 2.05) is 16.3 Å². The lowest BCUT2D eigenvalue weighted by atomic mass is 10.2. The fourth-order valence-corrected chi connectivity index (χ4v) is 4.61. The molecule has 3 N–H and O–H groups in total. The topological polar surface area (TPSA) is 88.3 Å². The SMILES string of the molecule is CC(=O)Nc1nc(CCc2ccc(CC(=O)N3CCC(N)C3)s2)cs1. The summed E-state index contributed by atoms with van der Waals surface area (Å²) in [5, 5.41) is 5.31. The highest BCUT2D eigenvalue weighted by atomic mass is 32.1. The van der Waals surface area contributed by atoms with Crippen molar-refractivity contribution in [3.05, 3.63) is 33.0 Å². The van der Waals surface area contributed by atoms with Gasteiger partial charge in [0.2, 0.25) is 11.8 Å². The Kier molecular flexibility index (Phi) is 5.82. The Morgan fingerprint density at radius 3 is 2.88 bits per heavy atom. The summed E-state index contributed by atoms with van der Waals surface area (Å²) in [4.78, 5) is 31.9. The zero-order valence-corrected chi connectivity index (χ0v) is 15.8. The number of aryl methyl sites for hydroxylation is 2. The van der Waals surface area contributed by atoms with E-state index in [2.05, 4.69) is 16.4 Å². The number of carbonyl (C=O) groups excluding carboxylic acids is 2. The van der Waals surface area contributed by atoms with Gasteiger partial charge in [-0.05, 0) is 31.4 Å². The van der Waals surface area contributed by atoms with Crippen molar-refractivity contribution < 1.29 is 9.59 Å². The van der Waals surface area contributed by atoms with Crippen molar-refractivity contribution in [2.45, 2.75) is 38.6 Å². The van der Waals surface area contributed by atoms with Crippen LogP contribution in [0.4, 0.5) is 5.13 Å². The van der Waals surface area contributed by atoms with E-state index in [4.69, 9.17) is 5.73 Å². The number of hydrogen-bond donors (Lipinski definition) is 2. The quantitative estimate of drug-likeness (QED) is 0.805. The zero-order chi connectivity index (χ0) is 17.8. The highest BCUT2D eigenvalue weighted by molar-refractivity contribution is 7.14. The molecule has 0 radical (unpaired) electrons. The monoisotopic (exact) mass is 378 g/mol. The van der Waals surface area contributed by atoms with E-state index in [-0.39, 0.29) is 17.9 Å². The number of nitrogens with two attached hydrogens (primary N) is 1. The van der Waals surface area contributed by atoms with Gasteiger partial charge in [0, 0.05) is 41.2 Å². The van der Waals surface area contributed by atoms with Gasteiger partial charge in [-0.25, -0.2) is 4.98 Å². The van der Waals surface area contributed by atoms with Gasteiger partial charge in [-0.2, -0.15) is 0 Å². The zero-order valence-electron chi connectivity index (χ0n) is 14.2. The van der Waals surface area contributed by atoms with Gasteiger partial charge in [-0.15, -0.1) is 22.7 Å². The molecule has 134 valence electrons. The average molecular weight is 379 g/mol. The van der Waals surface area contributed by atoms with Crippen molar-refractivity contribution in [1.82, 2.24) is 9.88 Å². The second-order valence-corrected chi connectivity index (χ2v) is 8.37. The minimum Gasteiger partial charge on any atom is -0.341 e. The summed E-state index contributed by atoms with van der Waals surface area (Å²) in [6.07, 6.45) is 3.07. The number of thiophene rings is 1. The maximum absolute atomic E-state index is 12.3. The Balaban J connectivity index is 1.49. The lowest BCUT2D eigenvalue weighted by Gasteiger charge is -2.14. The average Bonchev–Trinajstić information content (AvgIpc) is 3.26. The second kappa shape index (κ2) is 8.07. The van der Waals surface area contributed by atoms with Crippen molar-refractivity contribution in [2.24, 2.45) is 5.73 Å². The lowest BCUT2D eigenvalue weighted by molar-refractivity contribution is -0.129. The van der Waals surface area contributed by atoms with Crippen LogP contribution >= 0.6 is 22.7 Å². The molecule has 1 fully saturated rings. The Labute approximate surface area is 155 Å². The molecule has 2 amide bonds. The Bertz CT molecular complexity index is 755. The molecule has 1 unspecified atom stereocenters. The fraction of sp³-hybridized carbons (Fsp3) is 0.471. The van der Waals surface area contributed by atoms with Gasteiger partial charge in [-0.1, -0.05) is 0 Å². The number of amides is 2. The first kappa shape index (κ1) is 18.0. The maximum atomic E-state index is 12.3. The minimum atomic E-state index is -0.104. The highest BCUT2D eigenvalue weighted by Crippen LogP contribution is 2.22. The fourth-order valence-electron chi connectivity index (χ4n) is 2.81. The predicted octanol–water partition coefficient (Wildman–Crippen LogP) is 2.05. The number of nitrogens with one attached hydrogen (secondary N) is 1. The van der Waals surface area contributed by atoms with E-state index in [0.29, 0.717) is 18.1 Å². The first-order chi connectivity index (χ1) is 12.0. The predicted molar refractivity (Wildman–Crippen MR) is 101 cm³/mol. The molecule has 0 spiro atoms. The van der Waals surface area contributed by atoms with E-state index in [0.717, 1.165) is 36.4 Å². The third-order valence-corrected chi connectivity index (χ3v) is 6.03. The molecule has 3 rings (SSSR count). The van der Waals surface area contributed by atoms with E-state index >= 15 is 0 Å². The summed E-state index contributed by atoms with van der Waals surface area (Å²) in [6.45, 7) is 2.93. The van der Waals surface area contributed by atoms with Crippen molar-refractivity contribution in [3.63, 3.8) is 0 Å².